The van der Waals surface area contributed by atoms with E-state index in [9.17, 15) is 9.59 Å². The van der Waals surface area contributed by atoms with Crippen molar-refractivity contribution >= 4 is 22.5 Å². The lowest BCUT2D eigenvalue weighted by atomic mass is 9.93. The smallest absolute Gasteiger partial charge is 0.258 e. The summed E-state index contributed by atoms with van der Waals surface area (Å²) in [7, 11) is 0. The van der Waals surface area contributed by atoms with Gasteiger partial charge in [0.15, 0.2) is 0 Å². The average Bonchev–Trinajstić information content (AvgIpc) is 2.66. The average molecular weight is 362 g/mol. The molecule has 1 aliphatic heterocycles. The second kappa shape index (κ2) is 6.87. The van der Waals surface area contributed by atoms with Crippen LogP contribution in [-0.4, -0.2) is 33.9 Å². The van der Waals surface area contributed by atoms with Crippen LogP contribution in [0.15, 0.2) is 47.3 Å². The molecule has 0 fully saturated rings. The van der Waals surface area contributed by atoms with Crippen molar-refractivity contribution in [2.24, 2.45) is 0 Å². The van der Waals surface area contributed by atoms with Gasteiger partial charge in [0.25, 0.3) is 5.56 Å². The zero-order valence-corrected chi connectivity index (χ0v) is 15.5. The Hall–Kier alpha value is -3.15. The van der Waals surface area contributed by atoms with Crippen LogP contribution >= 0.6 is 0 Å². The van der Waals surface area contributed by atoms with E-state index < -0.39 is 0 Å². The summed E-state index contributed by atoms with van der Waals surface area (Å²) in [6, 6.07) is 13.7. The van der Waals surface area contributed by atoms with Crippen LogP contribution in [0, 0.1) is 6.92 Å². The molecule has 0 spiro atoms. The molecule has 1 unspecified atom stereocenters. The minimum atomic E-state index is -0.152. The Morgan fingerprint density at radius 1 is 1.30 bits per heavy atom. The molecule has 0 radical (unpaired) electrons. The number of H-pyrrole nitrogens is 1. The maximum atomic E-state index is 12.8. The highest BCUT2D eigenvalue weighted by Gasteiger charge is 2.26. The minimum Gasteiger partial charge on any atom is -0.376 e. The van der Waals surface area contributed by atoms with Crippen molar-refractivity contribution in [1.29, 1.82) is 0 Å². The quantitative estimate of drug-likeness (QED) is 0.751. The molecule has 6 nitrogen and oxygen atoms in total. The Morgan fingerprint density at radius 3 is 2.96 bits per heavy atom. The fourth-order valence-corrected chi connectivity index (χ4v) is 3.76. The highest BCUT2D eigenvalue weighted by molar-refractivity contribution is 5.84. The second-order valence-electron chi connectivity index (χ2n) is 6.95. The summed E-state index contributed by atoms with van der Waals surface area (Å²) in [5.74, 6) is 0.633. The number of benzene rings is 2. The predicted octanol–water partition coefficient (Wildman–Crippen LogP) is 2.79. The first kappa shape index (κ1) is 17.3. The summed E-state index contributed by atoms with van der Waals surface area (Å²) >= 11 is 0. The number of nitrogens with one attached hydrogen (secondary N) is 2. The van der Waals surface area contributed by atoms with E-state index in [2.05, 4.69) is 34.3 Å². The number of anilines is 1. The molecule has 3 aromatic rings. The molecule has 0 bridgehead atoms. The van der Waals surface area contributed by atoms with Crippen molar-refractivity contribution in [3.05, 3.63) is 69.8 Å². The Kier molecular flexibility index (Phi) is 4.39. The van der Waals surface area contributed by atoms with E-state index in [0.29, 0.717) is 16.7 Å². The maximum Gasteiger partial charge on any atom is 0.258 e. The first-order chi connectivity index (χ1) is 13.0. The zero-order valence-electron chi connectivity index (χ0n) is 15.5. The molecule has 1 atom stereocenters. The third-order valence-corrected chi connectivity index (χ3v) is 5.18. The van der Waals surface area contributed by atoms with Crippen molar-refractivity contribution in [2.75, 3.05) is 18.4 Å². The normalized spacial score (nSPS) is 16.2. The zero-order chi connectivity index (χ0) is 19.0. The summed E-state index contributed by atoms with van der Waals surface area (Å²) < 4.78 is 0. The largest absolute Gasteiger partial charge is 0.376 e. The number of carbonyl (C=O) groups is 1. The predicted molar refractivity (Wildman–Crippen MR) is 106 cm³/mol. The van der Waals surface area contributed by atoms with Crippen molar-refractivity contribution in [1.82, 2.24) is 14.9 Å². The maximum absolute atomic E-state index is 12.8. The molecule has 6 heteroatoms. The SMILES string of the molecule is Cc1nc2cc(NCC(=O)N3CCc4ccccc4C3C)ccc2c(=O)[nH]1. The number of carbonyl (C=O) groups excluding carboxylic acids is 1. The molecule has 1 amide bonds. The van der Waals surface area contributed by atoms with Crippen LogP contribution in [0.1, 0.15) is 29.9 Å². The standard InChI is InChI=1S/C21H22N4O2/c1-13-17-6-4-3-5-15(17)9-10-25(13)20(26)12-22-16-7-8-18-19(11-16)23-14(2)24-21(18)27/h3-8,11,13,22H,9-10,12H2,1-2H3,(H,23,24,27). The van der Waals surface area contributed by atoms with Crippen LogP contribution in [0.4, 0.5) is 5.69 Å². The third-order valence-electron chi connectivity index (χ3n) is 5.18. The Balaban J connectivity index is 1.48. The Labute approximate surface area is 157 Å². The number of aromatic amines is 1. The van der Waals surface area contributed by atoms with Gasteiger partial charge in [0, 0.05) is 12.2 Å². The molecule has 27 heavy (non-hydrogen) atoms. The topological polar surface area (TPSA) is 78.1 Å². The van der Waals surface area contributed by atoms with Gasteiger partial charge in [0.2, 0.25) is 5.91 Å². The summed E-state index contributed by atoms with van der Waals surface area (Å²) in [5, 5.41) is 3.71. The summed E-state index contributed by atoms with van der Waals surface area (Å²) in [6.07, 6.45) is 0.883. The molecule has 2 aromatic carbocycles. The van der Waals surface area contributed by atoms with Crippen LogP contribution in [0.2, 0.25) is 0 Å². The van der Waals surface area contributed by atoms with Gasteiger partial charge in [0.05, 0.1) is 23.5 Å². The number of fused-ring (bicyclic) bond motifs is 2. The van der Waals surface area contributed by atoms with Gasteiger partial charge in [-0.2, -0.15) is 0 Å². The van der Waals surface area contributed by atoms with E-state index in [1.807, 2.05) is 17.0 Å². The van der Waals surface area contributed by atoms with Gasteiger partial charge in [-0.3, -0.25) is 9.59 Å². The van der Waals surface area contributed by atoms with Crippen LogP contribution < -0.4 is 10.9 Å². The third kappa shape index (κ3) is 3.30. The van der Waals surface area contributed by atoms with E-state index >= 15 is 0 Å². The number of aromatic nitrogens is 2. The van der Waals surface area contributed by atoms with Gasteiger partial charge in [-0.05, 0) is 49.6 Å². The van der Waals surface area contributed by atoms with Crippen LogP contribution in [-0.2, 0) is 11.2 Å². The van der Waals surface area contributed by atoms with E-state index in [-0.39, 0.29) is 24.1 Å². The van der Waals surface area contributed by atoms with Crippen molar-refractivity contribution < 1.29 is 4.79 Å². The number of hydrogen-bond donors (Lipinski definition) is 2. The fraction of sp³-hybridized carbons (Fsp3) is 0.286. The molecule has 1 aliphatic rings. The first-order valence-corrected chi connectivity index (χ1v) is 9.15. The summed E-state index contributed by atoms with van der Waals surface area (Å²) in [4.78, 5) is 33.7. The number of rotatable bonds is 3. The van der Waals surface area contributed by atoms with E-state index in [0.717, 1.165) is 18.7 Å². The summed E-state index contributed by atoms with van der Waals surface area (Å²) in [6.45, 7) is 4.76. The van der Waals surface area contributed by atoms with Gasteiger partial charge in [-0.15, -0.1) is 0 Å². The molecule has 2 heterocycles. The molecule has 2 N–H and O–H groups in total. The molecular weight excluding hydrogens is 340 g/mol. The van der Waals surface area contributed by atoms with E-state index in [1.54, 1.807) is 25.1 Å². The van der Waals surface area contributed by atoms with Crippen LogP contribution in [0.5, 0.6) is 0 Å². The van der Waals surface area contributed by atoms with E-state index in [1.165, 1.54) is 11.1 Å². The van der Waals surface area contributed by atoms with Crippen molar-refractivity contribution in [3.8, 4) is 0 Å². The lowest BCUT2D eigenvalue weighted by molar-refractivity contribution is -0.131. The van der Waals surface area contributed by atoms with Gasteiger partial charge in [-0.1, -0.05) is 24.3 Å². The lowest BCUT2D eigenvalue weighted by Gasteiger charge is -2.35. The van der Waals surface area contributed by atoms with Gasteiger partial charge >= 0.3 is 0 Å². The summed E-state index contributed by atoms with van der Waals surface area (Å²) in [5.41, 5.74) is 3.79. The van der Waals surface area contributed by atoms with Gasteiger partial charge in [0.1, 0.15) is 5.82 Å². The highest BCUT2D eigenvalue weighted by atomic mass is 16.2. The Bertz CT molecular complexity index is 1070. The lowest BCUT2D eigenvalue weighted by Crippen LogP contribution is -2.41. The molecule has 0 aliphatic carbocycles. The molecule has 0 saturated carbocycles. The minimum absolute atomic E-state index is 0.0622. The van der Waals surface area contributed by atoms with Gasteiger partial charge < -0.3 is 15.2 Å². The number of aryl methyl sites for hydroxylation is 1. The van der Waals surface area contributed by atoms with Crippen LogP contribution in [0.3, 0.4) is 0 Å². The van der Waals surface area contributed by atoms with Gasteiger partial charge in [-0.25, -0.2) is 4.98 Å². The number of hydrogen-bond acceptors (Lipinski definition) is 4. The fourth-order valence-electron chi connectivity index (χ4n) is 3.76. The van der Waals surface area contributed by atoms with Crippen LogP contribution in [0.25, 0.3) is 10.9 Å². The van der Waals surface area contributed by atoms with Crippen molar-refractivity contribution in [2.45, 2.75) is 26.3 Å². The van der Waals surface area contributed by atoms with Crippen molar-refractivity contribution in [3.63, 3.8) is 0 Å². The van der Waals surface area contributed by atoms with E-state index in [4.69, 9.17) is 0 Å². The molecular formula is C21H22N4O2. The molecule has 0 saturated heterocycles. The Morgan fingerprint density at radius 2 is 2.11 bits per heavy atom. The first-order valence-electron chi connectivity index (χ1n) is 9.15. The second-order valence-corrected chi connectivity index (χ2v) is 6.95. The number of amides is 1. The molecule has 1 aromatic heterocycles. The number of nitrogens with zero attached hydrogens (tertiary/aromatic N) is 2. The molecule has 138 valence electrons. The highest BCUT2D eigenvalue weighted by Crippen LogP contribution is 2.29. The molecule has 4 rings (SSSR count). The monoisotopic (exact) mass is 362 g/mol.